The summed E-state index contributed by atoms with van der Waals surface area (Å²) < 4.78 is 0. The Balaban J connectivity index is 0.000000291. The fraction of sp³-hybridized carbons (Fsp3) is 0.143. The van der Waals surface area contributed by atoms with Crippen LogP contribution in [0, 0.1) is 0 Å². The molecule has 0 amide bonds. The summed E-state index contributed by atoms with van der Waals surface area (Å²) in [4.78, 5) is 0. The SMILES string of the molecule is CBr.Nc1ccccc1. The van der Waals surface area contributed by atoms with E-state index < -0.39 is 0 Å². The minimum Gasteiger partial charge on any atom is -0.399 e. The molecule has 0 aliphatic heterocycles. The first-order chi connectivity index (χ1) is 4.39. The van der Waals surface area contributed by atoms with E-state index in [2.05, 4.69) is 15.9 Å². The van der Waals surface area contributed by atoms with Crippen LogP contribution in [0.3, 0.4) is 0 Å². The highest BCUT2D eigenvalue weighted by Gasteiger charge is 1.72. The molecule has 1 rings (SSSR count). The Bertz CT molecular complexity index is 139. The number of para-hydroxylation sites is 1. The van der Waals surface area contributed by atoms with Crippen molar-refractivity contribution in [1.82, 2.24) is 0 Å². The maximum absolute atomic E-state index is 5.36. The molecule has 0 atom stereocenters. The van der Waals surface area contributed by atoms with Gasteiger partial charge in [-0.3, -0.25) is 0 Å². The summed E-state index contributed by atoms with van der Waals surface area (Å²) in [7, 11) is 0. The number of hydrogen-bond donors (Lipinski definition) is 1. The van der Waals surface area contributed by atoms with Gasteiger partial charge in [-0.2, -0.15) is 0 Å². The third kappa shape index (κ3) is 4.03. The third-order valence-corrected chi connectivity index (χ3v) is 0.800. The summed E-state index contributed by atoms with van der Waals surface area (Å²) in [6.45, 7) is 0. The highest BCUT2D eigenvalue weighted by atomic mass is 79.9. The molecule has 2 heteroatoms. The molecule has 9 heavy (non-hydrogen) atoms. The van der Waals surface area contributed by atoms with Crippen molar-refractivity contribution in [2.24, 2.45) is 0 Å². The number of nitrogen functional groups attached to an aromatic ring is 1. The van der Waals surface area contributed by atoms with Gasteiger partial charge >= 0.3 is 0 Å². The lowest BCUT2D eigenvalue weighted by Gasteiger charge is -1.83. The average molecular weight is 188 g/mol. The molecule has 50 valence electrons. The Hall–Kier alpha value is -0.500. The zero-order valence-corrected chi connectivity index (χ0v) is 6.93. The second-order valence-electron chi connectivity index (χ2n) is 1.41. The lowest BCUT2D eigenvalue weighted by atomic mass is 10.3. The van der Waals surface area contributed by atoms with Crippen molar-refractivity contribution in [2.75, 3.05) is 11.6 Å². The summed E-state index contributed by atoms with van der Waals surface area (Å²) in [5, 5.41) is 0. The second-order valence-corrected chi connectivity index (χ2v) is 1.41. The Morgan fingerprint density at radius 1 is 1.11 bits per heavy atom. The van der Waals surface area contributed by atoms with Crippen LogP contribution in [-0.2, 0) is 0 Å². The van der Waals surface area contributed by atoms with Gasteiger partial charge in [0.15, 0.2) is 0 Å². The molecular weight excluding hydrogens is 178 g/mol. The van der Waals surface area contributed by atoms with Gasteiger partial charge in [-0.15, -0.1) is 0 Å². The van der Waals surface area contributed by atoms with Crippen LogP contribution in [0.15, 0.2) is 30.3 Å². The van der Waals surface area contributed by atoms with Crippen molar-refractivity contribution in [1.29, 1.82) is 0 Å². The molecule has 0 bridgehead atoms. The van der Waals surface area contributed by atoms with Crippen LogP contribution in [0.2, 0.25) is 0 Å². The smallest absolute Gasteiger partial charge is 0.0313 e. The van der Waals surface area contributed by atoms with Crippen molar-refractivity contribution in [3.8, 4) is 0 Å². The van der Waals surface area contributed by atoms with Gasteiger partial charge in [-0.05, 0) is 18.0 Å². The standard InChI is InChI=1S/C6H7N.CH3Br/c7-6-4-2-1-3-5-6;1-2/h1-5H,7H2;1H3. The Morgan fingerprint density at radius 2 is 1.56 bits per heavy atom. The topological polar surface area (TPSA) is 26.0 Å². The van der Waals surface area contributed by atoms with E-state index in [9.17, 15) is 0 Å². The number of rotatable bonds is 0. The van der Waals surface area contributed by atoms with E-state index in [1.807, 2.05) is 36.2 Å². The molecule has 0 unspecified atom stereocenters. The van der Waals surface area contributed by atoms with E-state index in [0.717, 1.165) is 5.69 Å². The molecule has 0 heterocycles. The Morgan fingerprint density at radius 3 is 1.78 bits per heavy atom. The predicted octanol–water partition coefficient (Wildman–Crippen LogP) is 2.28. The largest absolute Gasteiger partial charge is 0.399 e. The van der Waals surface area contributed by atoms with Crippen molar-refractivity contribution < 1.29 is 0 Å². The number of alkyl halides is 1. The van der Waals surface area contributed by atoms with Gasteiger partial charge in [0, 0.05) is 5.69 Å². The lowest BCUT2D eigenvalue weighted by molar-refractivity contribution is 1.69. The van der Waals surface area contributed by atoms with Crippen molar-refractivity contribution in [3.05, 3.63) is 30.3 Å². The first-order valence-corrected chi connectivity index (χ1v) is 4.16. The van der Waals surface area contributed by atoms with Crippen molar-refractivity contribution >= 4 is 21.6 Å². The van der Waals surface area contributed by atoms with E-state index >= 15 is 0 Å². The molecule has 0 saturated heterocycles. The maximum Gasteiger partial charge on any atom is 0.0313 e. The number of hydrogen-bond acceptors (Lipinski definition) is 1. The molecule has 0 fully saturated rings. The molecule has 0 aromatic heterocycles. The zero-order valence-electron chi connectivity index (χ0n) is 5.34. The van der Waals surface area contributed by atoms with Crippen molar-refractivity contribution in [2.45, 2.75) is 0 Å². The average Bonchev–Trinajstić information content (AvgIpc) is 1.94. The molecule has 0 spiro atoms. The first kappa shape index (κ1) is 8.50. The second kappa shape index (κ2) is 5.63. The van der Waals surface area contributed by atoms with Gasteiger partial charge in [0.2, 0.25) is 0 Å². The molecule has 1 aromatic rings. The minimum absolute atomic E-state index is 0.822. The number of halogens is 1. The molecule has 0 aliphatic rings. The van der Waals surface area contributed by atoms with Crippen LogP contribution >= 0.6 is 15.9 Å². The molecular formula is C7H10BrN. The van der Waals surface area contributed by atoms with E-state index in [-0.39, 0.29) is 0 Å². The van der Waals surface area contributed by atoms with Gasteiger partial charge in [0.1, 0.15) is 0 Å². The number of nitrogens with two attached hydrogens (primary N) is 1. The predicted molar refractivity (Wildman–Crippen MR) is 45.7 cm³/mol. The quantitative estimate of drug-likeness (QED) is 0.490. The highest BCUT2D eigenvalue weighted by Crippen LogP contribution is 1.95. The lowest BCUT2D eigenvalue weighted by Crippen LogP contribution is -1.79. The summed E-state index contributed by atoms with van der Waals surface area (Å²) in [6, 6.07) is 9.49. The van der Waals surface area contributed by atoms with Crippen LogP contribution in [0.5, 0.6) is 0 Å². The van der Waals surface area contributed by atoms with E-state index in [1.54, 1.807) is 0 Å². The summed E-state index contributed by atoms with van der Waals surface area (Å²) >= 11 is 2.94. The van der Waals surface area contributed by atoms with Crippen LogP contribution in [-0.4, -0.2) is 5.83 Å². The summed E-state index contributed by atoms with van der Waals surface area (Å²) in [6.07, 6.45) is 0. The number of benzene rings is 1. The van der Waals surface area contributed by atoms with Gasteiger partial charge < -0.3 is 5.73 Å². The van der Waals surface area contributed by atoms with Gasteiger partial charge in [0.05, 0.1) is 0 Å². The molecule has 0 radical (unpaired) electrons. The normalized spacial score (nSPS) is 7.33. The van der Waals surface area contributed by atoms with E-state index in [1.165, 1.54) is 0 Å². The molecule has 2 N–H and O–H groups in total. The molecule has 0 saturated carbocycles. The monoisotopic (exact) mass is 187 g/mol. The van der Waals surface area contributed by atoms with Gasteiger partial charge in [-0.25, -0.2) is 0 Å². The molecule has 1 aromatic carbocycles. The molecule has 1 nitrogen and oxygen atoms in total. The molecule has 0 aliphatic carbocycles. The maximum atomic E-state index is 5.36. The fourth-order valence-corrected chi connectivity index (χ4v) is 0.453. The van der Waals surface area contributed by atoms with Gasteiger partial charge in [0.25, 0.3) is 0 Å². The van der Waals surface area contributed by atoms with E-state index in [0.29, 0.717) is 0 Å². The Kier molecular flexibility index (Phi) is 5.32. The van der Waals surface area contributed by atoms with E-state index in [4.69, 9.17) is 5.73 Å². The highest BCUT2D eigenvalue weighted by molar-refractivity contribution is 9.08. The van der Waals surface area contributed by atoms with Gasteiger partial charge in [-0.1, -0.05) is 34.1 Å². The minimum atomic E-state index is 0.822. The van der Waals surface area contributed by atoms with Crippen LogP contribution in [0.4, 0.5) is 5.69 Å². The van der Waals surface area contributed by atoms with Crippen LogP contribution in [0.25, 0.3) is 0 Å². The Labute approximate surface area is 64.0 Å². The summed E-state index contributed by atoms with van der Waals surface area (Å²) in [5.41, 5.74) is 6.18. The summed E-state index contributed by atoms with van der Waals surface area (Å²) in [5.74, 6) is 1.81. The van der Waals surface area contributed by atoms with Crippen LogP contribution in [0.1, 0.15) is 0 Å². The van der Waals surface area contributed by atoms with Crippen LogP contribution < -0.4 is 5.73 Å². The number of anilines is 1. The van der Waals surface area contributed by atoms with Crippen molar-refractivity contribution in [3.63, 3.8) is 0 Å². The fourth-order valence-electron chi connectivity index (χ4n) is 0.453. The third-order valence-electron chi connectivity index (χ3n) is 0.800. The zero-order chi connectivity index (χ0) is 7.11. The first-order valence-electron chi connectivity index (χ1n) is 2.58.